The maximum Gasteiger partial charge on any atom is 0.191 e. The van der Waals surface area contributed by atoms with Crippen molar-refractivity contribution >= 4 is 5.96 Å². The first kappa shape index (κ1) is 21.4. The summed E-state index contributed by atoms with van der Waals surface area (Å²) >= 11 is 0. The van der Waals surface area contributed by atoms with Crippen LogP contribution in [0, 0.1) is 12.7 Å². The molecule has 0 fully saturated rings. The Morgan fingerprint density at radius 2 is 1.84 bits per heavy atom. The molecule has 0 amide bonds. The standard InChI is InChI=1S/C20H35FN4/c1-16-11-12-18(15-19(16)21)17(2)24-20(22-3)23-13-9-7-6-8-10-14-25(4)5/h11-12,15,17H,6-10,13-14H2,1-5H3,(H2,22,23,24). The Hall–Kier alpha value is -1.62. The van der Waals surface area contributed by atoms with Crippen molar-refractivity contribution in [2.24, 2.45) is 4.99 Å². The van der Waals surface area contributed by atoms with Gasteiger partial charge < -0.3 is 15.5 Å². The summed E-state index contributed by atoms with van der Waals surface area (Å²) in [6, 6.07) is 5.37. The number of nitrogens with one attached hydrogen (secondary N) is 2. The predicted octanol–water partition coefficient (Wildman–Crippen LogP) is 3.87. The molecule has 0 aromatic heterocycles. The molecule has 1 aromatic carbocycles. The Bertz CT molecular complexity index is 528. The molecule has 1 aromatic rings. The number of benzene rings is 1. The van der Waals surface area contributed by atoms with Gasteiger partial charge in [-0.25, -0.2) is 4.39 Å². The zero-order valence-electron chi connectivity index (χ0n) is 16.5. The molecule has 0 aliphatic carbocycles. The second-order valence-corrected chi connectivity index (χ2v) is 6.94. The highest BCUT2D eigenvalue weighted by Gasteiger charge is 2.09. The molecule has 0 bridgehead atoms. The van der Waals surface area contributed by atoms with Gasteiger partial charge in [0.2, 0.25) is 0 Å². The molecule has 1 atom stereocenters. The SMILES string of the molecule is CN=C(NCCCCCCCN(C)C)NC(C)c1ccc(C)c(F)c1. The highest BCUT2D eigenvalue weighted by molar-refractivity contribution is 5.80. The number of aryl methyl sites for hydroxylation is 1. The molecule has 0 radical (unpaired) electrons. The maximum absolute atomic E-state index is 13.7. The summed E-state index contributed by atoms with van der Waals surface area (Å²) in [5, 5.41) is 6.66. The molecule has 0 saturated carbocycles. The summed E-state index contributed by atoms with van der Waals surface area (Å²) in [4.78, 5) is 6.49. The Balaban J connectivity index is 2.24. The van der Waals surface area contributed by atoms with E-state index in [2.05, 4.69) is 34.6 Å². The van der Waals surface area contributed by atoms with Crippen LogP contribution in [0.25, 0.3) is 0 Å². The van der Waals surface area contributed by atoms with E-state index in [9.17, 15) is 4.39 Å². The smallest absolute Gasteiger partial charge is 0.191 e. The summed E-state index contributed by atoms with van der Waals surface area (Å²) in [7, 11) is 6.00. The molecule has 25 heavy (non-hydrogen) atoms. The average molecular weight is 351 g/mol. The van der Waals surface area contributed by atoms with Crippen LogP contribution in [-0.2, 0) is 0 Å². The van der Waals surface area contributed by atoms with E-state index in [-0.39, 0.29) is 11.9 Å². The minimum atomic E-state index is -0.164. The molecular weight excluding hydrogens is 315 g/mol. The number of guanidine groups is 1. The van der Waals surface area contributed by atoms with Crippen LogP contribution in [0.5, 0.6) is 0 Å². The highest BCUT2D eigenvalue weighted by atomic mass is 19.1. The lowest BCUT2D eigenvalue weighted by Crippen LogP contribution is -2.39. The highest BCUT2D eigenvalue weighted by Crippen LogP contribution is 2.16. The first-order valence-electron chi connectivity index (χ1n) is 9.32. The second kappa shape index (κ2) is 11.9. The molecule has 142 valence electrons. The van der Waals surface area contributed by atoms with E-state index < -0.39 is 0 Å². The molecule has 0 saturated heterocycles. The zero-order chi connectivity index (χ0) is 18.7. The Morgan fingerprint density at radius 3 is 2.48 bits per heavy atom. The summed E-state index contributed by atoms with van der Waals surface area (Å²) in [6.07, 6.45) is 6.21. The van der Waals surface area contributed by atoms with Crippen molar-refractivity contribution in [2.75, 3.05) is 34.2 Å². The quantitative estimate of drug-likeness (QED) is 0.382. The zero-order valence-corrected chi connectivity index (χ0v) is 16.5. The topological polar surface area (TPSA) is 39.7 Å². The van der Waals surface area contributed by atoms with Crippen molar-refractivity contribution in [1.82, 2.24) is 15.5 Å². The first-order valence-corrected chi connectivity index (χ1v) is 9.32. The van der Waals surface area contributed by atoms with Crippen LogP contribution in [0.2, 0.25) is 0 Å². The third-order valence-electron chi connectivity index (χ3n) is 4.35. The Labute approximate surface area is 152 Å². The minimum Gasteiger partial charge on any atom is -0.356 e. The van der Waals surface area contributed by atoms with E-state index in [1.54, 1.807) is 20.0 Å². The minimum absolute atomic E-state index is 0.00679. The number of hydrogen-bond donors (Lipinski definition) is 2. The molecule has 4 nitrogen and oxygen atoms in total. The molecule has 0 heterocycles. The molecule has 0 spiro atoms. The van der Waals surface area contributed by atoms with Crippen LogP contribution in [-0.4, -0.2) is 45.1 Å². The summed E-state index contributed by atoms with van der Waals surface area (Å²) in [5.41, 5.74) is 1.59. The van der Waals surface area contributed by atoms with E-state index in [4.69, 9.17) is 0 Å². The van der Waals surface area contributed by atoms with Gasteiger partial charge in [0, 0.05) is 13.6 Å². The van der Waals surface area contributed by atoms with Gasteiger partial charge in [-0.2, -0.15) is 0 Å². The van der Waals surface area contributed by atoms with Crippen LogP contribution in [0.15, 0.2) is 23.2 Å². The fourth-order valence-electron chi connectivity index (χ4n) is 2.65. The monoisotopic (exact) mass is 350 g/mol. The Kier molecular flexibility index (Phi) is 10.2. The predicted molar refractivity (Wildman–Crippen MR) is 106 cm³/mol. The molecule has 2 N–H and O–H groups in total. The normalized spacial score (nSPS) is 13.2. The van der Waals surface area contributed by atoms with Crippen LogP contribution in [0.4, 0.5) is 4.39 Å². The molecule has 1 rings (SSSR count). The molecule has 0 aliphatic heterocycles. The maximum atomic E-state index is 13.7. The number of rotatable bonds is 10. The second-order valence-electron chi connectivity index (χ2n) is 6.94. The molecule has 5 heteroatoms. The van der Waals surface area contributed by atoms with E-state index in [0.717, 1.165) is 24.5 Å². The van der Waals surface area contributed by atoms with Crippen LogP contribution < -0.4 is 10.6 Å². The first-order chi connectivity index (χ1) is 11.9. The van der Waals surface area contributed by atoms with Crippen molar-refractivity contribution in [3.63, 3.8) is 0 Å². The van der Waals surface area contributed by atoms with Gasteiger partial charge in [0.1, 0.15) is 5.82 Å². The van der Waals surface area contributed by atoms with Crippen LogP contribution in [0.3, 0.4) is 0 Å². The summed E-state index contributed by atoms with van der Waals surface area (Å²) < 4.78 is 13.7. The van der Waals surface area contributed by atoms with Gasteiger partial charge in [-0.15, -0.1) is 0 Å². The van der Waals surface area contributed by atoms with E-state index in [1.807, 2.05) is 19.1 Å². The lowest BCUT2D eigenvalue weighted by molar-refractivity contribution is 0.389. The fourth-order valence-corrected chi connectivity index (χ4v) is 2.65. The number of aliphatic imine (C=N–C) groups is 1. The average Bonchev–Trinajstić information content (AvgIpc) is 2.58. The lowest BCUT2D eigenvalue weighted by Gasteiger charge is -2.18. The van der Waals surface area contributed by atoms with Crippen molar-refractivity contribution < 1.29 is 4.39 Å². The van der Waals surface area contributed by atoms with Gasteiger partial charge in [-0.05, 0) is 64.5 Å². The van der Waals surface area contributed by atoms with Gasteiger partial charge in [0.25, 0.3) is 0 Å². The van der Waals surface area contributed by atoms with E-state index in [0.29, 0.717) is 5.56 Å². The van der Waals surface area contributed by atoms with Gasteiger partial charge in [0.05, 0.1) is 6.04 Å². The van der Waals surface area contributed by atoms with E-state index in [1.165, 1.54) is 32.2 Å². The van der Waals surface area contributed by atoms with Crippen LogP contribution >= 0.6 is 0 Å². The van der Waals surface area contributed by atoms with Crippen LogP contribution in [0.1, 0.15) is 56.2 Å². The molecular formula is C20H35FN4. The molecule has 0 aliphatic rings. The van der Waals surface area contributed by atoms with Crippen molar-refractivity contribution in [2.45, 2.75) is 52.0 Å². The summed E-state index contributed by atoms with van der Waals surface area (Å²) in [6.45, 7) is 5.87. The largest absolute Gasteiger partial charge is 0.356 e. The lowest BCUT2D eigenvalue weighted by atomic mass is 10.1. The van der Waals surface area contributed by atoms with Crippen molar-refractivity contribution in [3.8, 4) is 0 Å². The third kappa shape index (κ3) is 8.87. The number of nitrogens with zero attached hydrogens (tertiary/aromatic N) is 2. The van der Waals surface area contributed by atoms with Crippen molar-refractivity contribution in [3.05, 3.63) is 35.1 Å². The number of halogens is 1. The molecule has 1 unspecified atom stereocenters. The number of unbranched alkanes of at least 4 members (excludes halogenated alkanes) is 4. The fraction of sp³-hybridized carbons (Fsp3) is 0.650. The Morgan fingerprint density at radius 1 is 1.16 bits per heavy atom. The van der Waals surface area contributed by atoms with E-state index >= 15 is 0 Å². The van der Waals surface area contributed by atoms with Gasteiger partial charge in [-0.3, -0.25) is 4.99 Å². The number of hydrogen-bond acceptors (Lipinski definition) is 2. The van der Waals surface area contributed by atoms with Crippen molar-refractivity contribution in [1.29, 1.82) is 0 Å². The van der Waals surface area contributed by atoms with Gasteiger partial charge in [-0.1, -0.05) is 31.4 Å². The third-order valence-corrected chi connectivity index (χ3v) is 4.35. The summed E-state index contributed by atoms with van der Waals surface area (Å²) in [5.74, 6) is 0.601. The van der Waals surface area contributed by atoms with Gasteiger partial charge in [0.15, 0.2) is 5.96 Å². The van der Waals surface area contributed by atoms with Gasteiger partial charge >= 0.3 is 0 Å².